The third-order valence-corrected chi connectivity index (χ3v) is 3.32. The Bertz CT molecular complexity index is 600. The lowest BCUT2D eigenvalue weighted by Gasteiger charge is -2.14. The van der Waals surface area contributed by atoms with Gasteiger partial charge in [0, 0.05) is 32.3 Å². The summed E-state index contributed by atoms with van der Waals surface area (Å²) in [6.07, 6.45) is 6.28. The highest BCUT2D eigenvalue weighted by Gasteiger charge is 2.10. The molecule has 5 N–H and O–H groups in total. The number of aryl methyl sites for hydroxylation is 1. The van der Waals surface area contributed by atoms with Crippen LogP contribution in [0, 0.1) is 10.4 Å². The molecule has 0 radical (unpaired) electrons. The molecule has 0 aliphatic rings. The van der Waals surface area contributed by atoms with Crippen LogP contribution in [0.1, 0.15) is 12.8 Å². The van der Waals surface area contributed by atoms with Crippen LogP contribution >= 0.6 is 0 Å². The largest absolute Gasteiger partial charge is 0.594 e. The average Bonchev–Trinajstić information content (AvgIpc) is 3.16. The van der Waals surface area contributed by atoms with Gasteiger partial charge in [-0.05, 0) is 6.42 Å². The summed E-state index contributed by atoms with van der Waals surface area (Å²) in [5.74, 6) is -0.189. The molecule has 1 amide bonds. The van der Waals surface area contributed by atoms with Crippen molar-refractivity contribution in [1.82, 2.24) is 24.4 Å². The quantitative estimate of drug-likeness (QED) is 0.315. The van der Waals surface area contributed by atoms with E-state index in [0.717, 1.165) is 0 Å². The standard InChI is InChI=1S/C12H19N7O5/c20-10(2-1-5-16-6-4-15-12(16)19(23)24)14-3-7-17-9-13-8-11(17)18(21)22/h4,6,8-9,18-19,21,23H,1-3,5,7H2,(H,14,20). The van der Waals surface area contributed by atoms with E-state index in [-0.39, 0.29) is 30.6 Å². The SMILES string of the molecule is O=C(CCCn1ccnc1[NH+]([O-])O)NCCn1cncc1[NH+]([O-])O. The van der Waals surface area contributed by atoms with Gasteiger partial charge in [0.1, 0.15) is 6.20 Å². The maximum Gasteiger partial charge on any atom is 0.340 e. The summed E-state index contributed by atoms with van der Waals surface area (Å²) >= 11 is 0. The van der Waals surface area contributed by atoms with Crippen molar-refractivity contribution in [3.8, 4) is 0 Å². The predicted octanol–water partition coefficient (Wildman–Crippen LogP) is -2.52. The summed E-state index contributed by atoms with van der Waals surface area (Å²) in [4.78, 5) is 19.2. The molecule has 0 aliphatic carbocycles. The summed E-state index contributed by atoms with van der Waals surface area (Å²) in [5, 5.41) is 40.2. The molecule has 2 aromatic heterocycles. The van der Waals surface area contributed by atoms with E-state index in [9.17, 15) is 15.2 Å². The van der Waals surface area contributed by atoms with Crippen molar-refractivity contribution in [2.24, 2.45) is 0 Å². The highest BCUT2D eigenvalue weighted by atomic mass is 16.8. The lowest BCUT2D eigenvalue weighted by molar-refractivity contribution is -0.995. The zero-order valence-corrected chi connectivity index (χ0v) is 12.8. The smallest absolute Gasteiger partial charge is 0.340 e. The van der Waals surface area contributed by atoms with Crippen LogP contribution < -0.4 is 15.8 Å². The molecule has 0 aliphatic heterocycles. The topological polar surface area (TPSA) is 160 Å². The molecule has 0 saturated heterocycles. The fourth-order valence-corrected chi connectivity index (χ4v) is 2.18. The molecule has 2 aromatic rings. The van der Waals surface area contributed by atoms with Gasteiger partial charge in [-0.2, -0.15) is 15.4 Å². The average molecular weight is 341 g/mol. The number of aromatic nitrogens is 4. The van der Waals surface area contributed by atoms with Gasteiger partial charge >= 0.3 is 5.95 Å². The zero-order valence-electron chi connectivity index (χ0n) is 12.8. The van der Waals surface area contributed by atoms with Crippen molar-refractivity contribution >= 4 is 17.7 Å². The van der Waals surface area contributed by atoms with E-state index in [1.807, 2.05) is 0 Å². The highest BCUT2D eigenvalue weighted by Crippen LogP contribution is 2.02. The van der Waals surface area contributed by atoms with E-state index in [4.69, 9.17) is 10.4 Å². The molecule has 0 fully saturated rings. The van der Waals surface area contributed by atoms with Crippen LogP contribution in [0.4, 0.5) is 11.8 Å². The van der Waals surface area contributed by atoms with Crippen LogP contribution in [0.15, 0.2) is 24.9 Å². The molecule has 0 aromatic carbocycles. The first-order valence-electron chi connectivity index (χ1n) is 7.23. The van der Waals surface area contributed by atoms with Gasteiger partial charge in [0.15, 0.2) is 0 Å². The first-order valence-corrected chi connectivity index (χ1v) is 7.23. The van der Waals surface area contributed by atoms with E-state index in [0.29, 0.717) is 19.5 Å². The van der Waals surface area contributed by atoms with Crippen LogP contribution in [0.2, 0.25) is 0 Å². The number of imidazole rings is 2. The minimum atomic E-state index is -1.11. The summed E-state index contributed by atoms with van der Waals surface area (Å²) in [5.41, 5.74) is 0. The monoisotopic (exact) mass is 341 g/mol. The van der Waals surface area contributed by atoms with Crippen molar-refractivity contribution in [2.45, 2.75) is 25.9 Å². The Morgan fingerprint density at radius 3 is 2.75 bits per heavy atom. The van der Waals surface area contributed by atoms with E-state index < -0.39 is 10.5 Å². The number of hydrogen-bond donors (Lipinski definition) is 5. The third kappa shape index (κ3) is 4.82. The summed E-state index contributed by atoms with van der Waals surface area (Å²) < 4.78 is 2.91. The number of rotatable bonds is 9. The molecule has 12 heteroatoms. The fourth-order valence-electron chi connectivity index (χ4n) is 2.18. The number of nitrogens with one attached hydrogen (secondary N) is 3. The van der Waals surface area contributed by atoms with Crippen LogP contribution in [0.3, 0.4) is 0 Å². The maximum atomic E-state index is 11.7. The van der Waals surface area contributed by atoms with E-state index in [1.54, 1.807) is 6.20 Å². The summed E-state index contributed by atoms with van der Waals surface area (Å²) in [6, 6.07) is 0. The predicted molar refractivity (Wildman–Crippen MR) is 78.3 cm³/mol. The number of hydrogen-bond acceptors (Lipinski definition) is 7. The Labute approximate surface area is 136 Å². The van der Waals surface area contributed by atoms with Gasteiger partial charge in [0.25, 0.3) is 5.82 Å². The number of nitrogens with zero attached hydrogens (tertiary/aromatic N) is 4. The Morgan fingerprint density at radius 2 is 2.04 bits per heavy atom. The zero-order chi connectivity index (χ0) is 17.5. The lowest BCUT2D eigenvalue weighted by Crippen LogP contribution is -3.00. The van der Waals surface area contributed by atoms with E-state index in [1.165, 1.54) is 27.9 Å². The molecular formula is C12H19N7O5. The fraction of sp³-hybridized carbons (Fsp3) is 0.417. The second kappa shape index (κ2) is 8.49. The van der Waals surface area contributed by atoms with Gasteiger partial charge in [-0.3, -0.25) is 13.9 Å². The number of carbonyl (C=O) groups is 1. The molecule has 2 unspecified atom stereocenters. The summed E-state index contributed by atoms with van der Waals surface area (Å²) in [7, 11) is 0. The Hall–Kier alpha value is -2.35. The van der Waals surface area contributed by atoms with E-state index in [2.05, 4.69) is 15.3 Å². The van der Waals surface area contributed by atoms with Gasteiger partial charge in [0.05, 0.1) is 12.5 Å². The first-order chi connectivity index (χ1) is 11.5. The van der Waals surface area contributed by atoms with Crippen molar-refractivity contribution in [3.05, 3.63) is 35.3 Å². The maximum absolute atomic E-state index is 11.7. The molecule has 12 nitrogen and oxygen atoms in total. The first kappa shape index (κ1) is 18.0. The summed E-state index contributed by atoms with van der Waals surface area (Å²) in [6.45, 7) is 0.957. The van der Waals surface area contributed by atoms with Crippen molar-refractivity contribution in [1.29, 1.82) is 0 Å². The van der Waals surface area contributed by atoms with Gasteiger partial charge in [0.2, 0.25) is 5.91 Å². The second-order valence-electron chi connectivity index (χ2n) is 4.98. The normalized spacial score (nSPS) is 13.7. The van der Waals surface area contributed by atoms with E-state index >= 15 is 0 Å². The van der Waals surface area contributed by atoms with Crippen LogP contribution in [0.5, 0.6) is 0 Å². The molecule has 2 rings (SSSR count). The van der Waals surface area contributed by atoms with Crippen LogP contribution in [0.25, 0.3) is 0 Å². The van der Waals surface area contributed by atoms with Crippen molar-refractivity contribution in [2.75, 3.05) is 6.54 Å². The van der Waals surface area contributed by atoms with Gasteiger partial charge < -0.3 is 15.7 Å². The van der Waals surface area contributed by atoms with Crippen molar-refractivity contribution in [3.63, 3.8) is 0 Å². The highest BCUT2D eigenvalue weighted by molar-refractivity contribution is 5.75. The van der Waals surface area contributed by atoms with Crippen LogP contribution in [-0.2, 0) is 17.9 Å². The van der Waals surface area contributed by atoms with Crippen molar-refractivity contribution < 1.29 is 25.7 Å². The lowest BCUT2D eigenvalue weighted by atomic mass is 10.3. The Morgan fingerprint density at radius 1 is 1.25 bits per heavy atom. The molecule has 0 bridgehead atoms. The molecule has 2 atom stereocenters. The Kier molecular flexibility index (Phi) is 6.36. The number of amides is 1. The molecule has 132 valence electrons. The van der Waals surface area contributed by atoms with Crippen LogP contribution in [-0.4, -0.2) is 42.0 Å². The minimum Gasteiger partial charge on any atom is -0.594 e. The molecule has 0 spiro atoms. The minimum absolute atomic E-state index is 0.0586. The third-order valence-electron chi connectivity index (χ3n) is 3.32. The van der Waals surface area contributed by atoms with Gasteiger partial charge in [-0.1, -0.05) is 0 Å². The second-order valence-corrected chi connectivity index (χ2v) is 4.98. The number of carbonyl (C=O) groups excluding carboxylic acids is 1. The molecule has 2 heterocycles. The Balaban J connectivity index is 1.68. The molecule has 24 heavy (non-hydrogen) atoms. The molecule has 0 saturated carbocycles. The molecular weight excluding hydrogens is 322 g/mol. The van der Waals surface area contributed by atoms with Gasteiger partial charge in [-0.25, -0.2) is 15.4 Å². The van der Waals surface area contributed by atoms with Gasteiger partial charge in [-0.15, -0.1) is 0 Å². The number of quaternary nitrogens is 2.